The number of thioether (sulfide) groups is 1. The van der Waals surface area contributed by atoms with Gasteiger partial charge in [0.25, 0.3) is 0 Å². The highest BCUT2D eigenvalue weighted by molar-refractivity contribution is 8.17. The molecule has 1 saturated heterocycles. The van der Waals surface area contributed by atoms with Gasteiger partial charge in [-0.3, -0.25) is 9.79 Å². The van der Waals surface area contributed by atoms with Gasteiger partial charge in [-0.05, 0) is 50.6 Å². The molecule has 198 valence electrons. The summed E-state index contributed by atoms with van der Waals surface area (Å²) in [5.41, 5.74) is -0.955. The molecule has 1 atom stereocenters. The maximum Gasteiger partial charge on any atom is 0.418 e. The largest absolute Gasteiger partial charge is 0.489 e. The number of allylic oxidation sites excluding steroid dienone is 1. The second-order valence-electron chi connectivity index (χ2n) is 8.83. The summed E-state index contributed by atoms with van der Waals surface area (Å²) in [6.45, 7) is 5.33. The molecule has 2 heterocycles. The van der Waals surface area contributed by atoms with Gasteiger partial charge in [-0.15, -0.1) is 0 Å². The van der Waals surface area contributed by atoms with E-state index in [9.17, 15) is 18.0 Å². The number of aliphatic imine (C=N–C) groups is 1. The van der Waals surface area contributed by atoms with Crippen molar-refractivity contribution in [3.63, 3.8) is 0 Å². The lowest BCUT2D eigenvalue weighted by molar-refractivity contribution is -0.137. The third-order valence-corrected chi connectivity index (χ3v) is 7.65. The number of likely N-dealkylation sites (N-methyl/N-ethyl adjacent to an activating group) is 1. The molecular weight excluding hydrogens is 523 g/mol. The molecule has 1 aliphatic carbocycles. The van der Waals surface area contributed by atoms with Crippen molar-refractivity contribution < 1.29 is 22.7 Å². The van der Waals surface area contributed by atoms with E-state index in [1.807, 2.05) is 7.05 Å². The predicted octanol–water partition coefficient (Wildman–Crippen LogP) is 5.95. The van der Waals surface area contributed by atoms with Crippen molar-refractivity contribution in [3.8, 4) is 5.75 Å². The van der Waals surface area contributed by atoms with Gasteiger partial charge in [0.1, 0.15) is 11.9 Å². The van der Waals surface area contributed by atoms with Gasteiger partial charge in [0.05, 0.1) is 16.1 Å². The van der Waals surface area contributed by atoms with Crippen molar-refractivity contribution in [2.45, 2.75) is 31.5 Å². The van der Waals surface area contributed by atoms with E-state index in [1.165, 1.54) is 30.5 Å². The Morgan fingerprint density at radius 1 is 1.32 bits per heavy atom. The molecule has 4 rings (SSSR count). The van der Waals surface area contributed by atoms with E-state index in [2.05, 4.69) is 32.1 Å². The molecule has 7 nitrogen and oxygen atoms in total. The predicted molar refractivity (Wildman–Crippen MR) is 144 cm³/mol. The third-order valence-electron chi connectivity index (χ3n) is 5.79. The summed E-state index contributed by atoms with van der Waals surface area (Å²) < 4.78 is 47.5. The number of halogens is 3. The van der Waals surface area contributed by atoms with E-state index in [0.29, 0.717) is 16.6 Å². The van der Waals surface area contributed by atoms with Gasteiger partial charge < -0.3 is 20.3 Å². The average Bonchev–Trinajstić information content (AvgIpc) is 3.50. The van der Waals surface area contributed by atoms with Gasteiger partial charge in [0.15, 0.2) is 10.3 Å². The molecule has 2 N–H and O–H groups in total. The number of anilines is 2. The fourth-order valence-corrected chi connectivity index (χ4v) is 5.30. The number of ether oxygens (including phenoxy) is 1. The van der Waals surface area contributed by atoms with Crippen LogP contribution in [0.4, 0.5) is 24.0 Å². The summed E-state index contributed by atoms with van der Waals surface area (Å²) in [6.07, 6.45) is 2.84. The maximum absolute atomic E-state index is 13.9. The van der Waals surface area contributed by atoms with Crippen LogP contribution in [0.2, 0.25) is 0 Å². The fourth-order valence-electron chi connectivity index (χ4n) is 3.71. The zero-order chi connectivity index (χ0) is 26.6. The Morgan fingerprint density at radius 2 is 2.11 bits per heavy atom. The summed E-state index contributed by atoms with van der Waals surface area (Å²) in [5, 5.41) is 6.36. The standard InChI is InChI=1S/C25H28F3N5O2S2/c1-4-18(12-19-13-30-24(37-19)32-22(34)15-5-6-15)36-23(29-2)31-21-8-7-16(11-20(21)25(26,27)28)35-17-9-10-33(3)14-17/h4,7-8,11-13,15,17H,1,5-6,9-10,14H2,2-3H3,(H,29,31)(H,30,32,34)/b18-12-. The second-order valence-corrected chi connectivity index (χ2v) is 11.0. The summed E-state index contributed by atoms with van der Waals surface area (Å²) in [6, 6.07) is 3.92. The normalized spacial score (nSPS) is 19.1. The summed E-state index contributed by atoms with van der Waals surface area (Å²) in [7, 11) is 3.45. The molecule has 1 amide bonds. The summed E-state index contributed by atoms with van der Waals surface area (Å²) in [4.78, 5) is 23.8. The van der Waals surface area contributed by atoms with Crippen molar-refractivity contribution in [2.75, 3.05) is 37.8 Å². The molecule has 1 saturated carbocycles. The quantitative estimate of drug-likeness (QED) is 0.240. The maximum atomic E-state index is 13.9. The van der Waals surface area contributed by atoms with Crippen molar-refractivity contribution >= 4 is 51.1 Å². The molecule has 0 bridgehead atoms. The number of carbonyl (C=O) groups excluding carboxylic acids is 1. The van der Waals surface area contributed by atoms with Gasteiger partial charge >= 0.3 is 6.18 Å². The first-order valence-corrected chi connectivity index (χ1v) is 13.4. The van der Waals surface area contributed by atoms with Crippen molar-refractivity contribution in [1.29, 1.82) is 0 Å². The monoisotopic (exact) mass is 551 g/mol. The number of hydrogen-bond acceptors (Lipinski definition) is 7. The molecule has 37 heavy (non-hydrogen) atoms. The van der Waals surface area contributed by atoms with E-state index in [0.717, 1.165) is 48.5 Å². The number of hydrogen-bond donors (Lipinski definition) is 2. The lowest BCUT2D eigenvalue weighted by Crippen LogP contribution is -2.22. The first kappa shape index (κ1) is 27.2. The van der Waals surface area contributed by atoms with E-state index < -0.39 is 11.7 Å². The molecule has 12 heteroatoms. The Hall–Kier alpha value is -2.83. The van der Waals surface area contributed by atoms with Crippen LogP contribution in [0.1, 0.15) is 29.7 Å². The number of likely N-dealkylation sites (tertiary alicyclic amines) is 1. The van der Waals surface area contributed by atoms with Gasteiger partial charge in [-0.25, -0.2) is 4.98 Å². The van der Waals surface area contributed by atoms with Crippen LogP contribution in [0, 0.1) is 5.92 Å². The number of rotatable bonds is 8. The van der Waals surface area contributed by atoms with Crippen LogP contribution in [0.3, 0.4) is 0 Å². The van der Waals surface area contributed by atoms with Crippen LogP contribution in [0.15, 0.2) is 46.9 Å². The van der Waals surface area contributed by atoms with Crippen molar-refractivity contribution in [2.24, 2.45) is 10.9 Å². The number of alkyl halides is 3. The zero-order valence-corrected chi connectivity index (χ0v) is 22.1. The van der Waals surface area contributed by atoms with Crippen molar-refractivity contribution in [1.82, 2.24) is 9.88 Å². The first-order chi connectivity index (χ1) is 17.6. The lowest BCUT2D eigenvalue weighted by Gasteiger charge is -2.19. The minimum atomic E-state index is -4.58. The molecule has 1 unspecified atom stereocenters. The Bertz CT molecular complexity index is 1210. The Kier molecular flexibility index (Phi) is 8.60. The van der Waals surface area contributed by atoms with E-state index in [-0.39, 0.29) is 34.5 Å². The number of benzene rings is 1. The number of amidine groups is 1. The van der Waals surface area contributed by atoms with Gasteiger partial charge in [0.2, 0.25) is 5.91 Å². The number of carbonyl (C=O) groups is 1. The van der Waals surface area contributed by atoms with Crippen LogP contribution in [0.5, 0.6) is 5.75 Å². The van der Waals surface area contributed by atoms with E-state index in [4.69, 9.17) is 4.74 Å². The molecule has 0 radical (unpaired) electrons. The number of aromatic nitrogens is 1. The minimum Gasteiger partial charge on any atom is -0.489 e. The van der Waals surface area contributed by atoms with E-state index in [1.54, 1.807) is 18.3 Å². The van der Waals surface area contributed by atoms with E-state index >= 15 is 0 Å². The second kappa shape index (κ2) is 11.7. The van der Waals surface area contributed by atoms with Gasteiger partial charge in [-0.2, -0.15) is 13.2 Å². The van der Waals surface area contributed by atoms with Crippen molar-refractivity contribution in [3.05, 3.63) is 52.4 Å². The lowest BCUT2D eigenvalue weighted by atomic mass is 10.1. The smallest absolute Gasteiger partial charge is 0.418 e. The van der Waals surface area contributed by atoms with Crippen LogP contribution >= 0.6 is 23.1 Å². The fraction of sp³-hybridized carbons (Fsp3) is 0.400. The number of amides is 1. The van der Waals surface area contributed by atoms with Crippen LogP contribution < -0.4 is 15.4 Å². The average molecular weight is 552 g/mol. The molecule has 1 aromatic carbocycles. The Labute approximate surface area is 221 Å². The molecule has 2 aromatic rings. The van der Waals surface area contributed by atoms with Gasteiger partial charge in [-0.1, -0.05) is 35.8 Å². The molecular formula is C25H28F3N5O2S2. The molecule has 0 spiro atoms. The van der Waals surface area contributed by atoms with Crippen LogP contribution in [0.25, 0.3) is 6.08 Å². The highest BCUT2D eigenvalue weighted by Crippen LogP contribution is 2.38. The van der Waals surface area contributed by atoms with Crippen LogP contribution in [-0.4, -0.2) is 54.2 Å². The Balaban J connectivity index is 1.45. The highest BCUT2D eigenvalue weighted by Gasteiger charge is 2.35. The van der Waals surface area contributed by atoms with Gasteiger partial charge in [0, 0.05) is 37.2 Å². The molecule has 1 aliphatic heterocycles. The minimum absolute atomic E-state index is 0.0275. The number of nitrogens with zero attached hydrogens (tertiary/aromatic N) is 3. The zero-order valence-electron chi connectivity index (χ0n) is 20.5. The highest BCUT2D eigenvalue weighted by atomic mass is 32.2. The Morgan fingerprint density at radius 3 is 2.73 bits per heavy atom. The topological polar surface area (TPSA) is 78.8 Å². The summed E-state index contributed by atoms with van der Waals surface area (Å²) >= 11 is 2.44. The number of nitrogens with one attached hydrogen (secondary N) is 2. The summed E-state index contributed by atoms with van der Waals surface area (Å²) in [5.74, 6) is 0.228. The van der Waals surface area contributed by atoms with Crippen LogP contribution in [-0.2, 0) is 11.0 Å². The first-order valence-electron chi connectivity index (χ1n) is 11.7. The SMILES string of the molecule is C=C/C(=C/c1cnc(NC(=O)C2CC2)s1)SC(=NC)Nc1ccc(OC2CCN(C)C2)cc1C(F)(F)F. The molecule has 2 aliphatic rings. The molecule has 2 fully saturated rings. The number of thiazole rings is 1. The third kappa shape index (κ3) is 7.59. The molecule has 1 aromatic heterocycles.